The van der Waals surface area contributed by atoms with Crippen LogP contribution in [0.15, 0.2) is 30.3 Å². The summed E-state index contributed by atoms with van der Waals surface area (Å²) < 4.78 is 21.6. The maximum atomic E-state index is 11.8. The van der Waals surface area contributed by atoms with Gasteiger partial charge in [-0.15, -0.1) is 0 Å². The number of benzene rings is 1. The third-order valence-electron chi connectivity index (χ3n) is 4.30. The first-order valence-electron chi connectivity index (χ1n) is 7.76. The molecule has 0 heterocycles. The minimum atomic E-state index is -3.51. The van der Waals surface area contributed by atoms with Crippen molar-refractivity contribution in [1.29, 1.82) is 0 Å². The Morgan fingerprint density at radius 1 is 1.14 bits per heavy atom. The molecule has 3 N–H and O–H groups in total. The molecule has 0 unspecified atom stereocenters. The van der Waals surface area contributed by atoms with Crippen LogP contribution in [0.1, 0.15) is 43.6 Å². The van der Waals surface area contributed by atoms with Crippen molar-refractivity contribution >= 4 is 15.9 Å². The molecule has 2 rings (SSSR count). The molecule has 0 aliphatic heterocycles. The topological polar surface area (TPSA) is 89.3 Å². The predicted octanol–water partition coefficient (Wildman–Crippen LogP) is 1.76. The molecule has 6 heteroatoms. The molecular weight excluding hydrogens is 300 g/mol. The van der Waals surface area contributed by atoms with Crippen LogP contribution in [0, 0.1) is 5.92 Å². The first kappa shape index (κ1) is 17.0. The number of hydrogen-bond acceptors (Lipinski definition) is 3. The Bertz CT molecular complexity index is 579. The smallest absolute Gasteiger partial charge is 0.220 e. The lowest BCUT2D eigenvalue weighted by molar-refractivity contribution is -0.122. The highest BCUT2D eigenvalue weighted by Gasteiger charge is 2.23. The average molecular weight is 324 g/mol. The maximum absolute atomic E-state index is 11.8. The second-order valence-corrected chi connectivity index (χ2v) is 7.78. The van der Waals surface area contributed by atoms with Crippen LogP contribution in [0.3, 0.4) is 0 Å². The summed E-state index contributed by atoms with van der Waals surface area (Å²) in [6.45, 7) is 0.0943. The van der Waals surface area contributed by atoms with Gasteiger partial charge in [0.1, 0.15) is 0 Å². The Labute approximate surface area is 132 Å². The number of rotatable bonds is 6. The summed E-state index contributed by atoms with van der Waals surface area (Å²) in [5.41, 5.74) is 1.39. The summed E-state index contributed by atoms with van der Waals surface area (Å²) in [6.07, 6.45) is 4.79. The van der Waals surface area contributed by atoms with Crippen molar-refractivity contribution in [3.63, 3.8) is 0 Å². The van der Waals surface area contributed by atoms with Gasteiger partial charge in [-0.2, -0.15) is 0 Å². The Hall–Kier alpha value is -1.40. The molecule has 1 aliphatic carbocycles. The fourth-order valence-electron chi connectivity index (χ4n) is 3.09. The van der Waals surface area contributed by atoms with E-state index in [9.17, 15) is 13.2 Å². The molecule has 5 nitrogen and oxygen atoms in total. The molecule has 0 atom stereocenters. The largest absolute Gasteiger partial charge is 0.355 e. The zero-order chi connectivity index (χ0) is 16.0. The molecule has 0 radical (unpaired) electrons. The van der Waals surface area contributed by atoms with Crippen LogP contribution in [0.2, 0.25) is 0 Å². The van der Waals surface area contributed by atoms with Crippen LogP contribution in [-0.4, -0.2) is 26.6 Å². The molecule has 1 saturated carbocycles. The van der Waals surface area contributed by atoms with E-state index in [0.29, 0.717) is 18.3 Å². The van der Waals surface area contributed by atoms with Crippen LogP contribution in [0.25, 0.3) is 0 Å². The normalized spacial score (nSPS) is 22.2. The van der Waals surface area contributed by atoms with Gasteiger partial charge in [-0.3, -0.25) is 4.79 Å². The minimum Gasteiger partial charge on any atom is -0.355 e. The van der Waals surface area contributed by atoms with Gasteiger partial charge in [-0.1, -0.05) is 30.3 Å². The van der Waals surface area contributed by atoms with Crippen molar-refractivity contribution in [3.05, 3.63) is 35.9 Å². The maximum Gasteiger partial charge on any atom is 0.220 e. The van der Waals surface area contributed by atoms with Gasteiger partial charge in [-0.05, 0) is 43.1 Å². The third-order valence-corrected chi connectivity index (χ3v) is 5.07. The Morgan fingerprint density at radius 3 is 2.36 bits per heavy atom. The van der Waals surface area contributed by atoms with Gasteiger partial charge < -0.3 is 5.32 Å². The van der Waals surface area contributed by atoms with Crippen LogP contribution in [0.4, 0.5) is 0 Å². The summed E-state index contributed by atoms with van der Waals surface area (Å²) >= 11 is 0. The van der Waals surface area contributed by atoms with Crippen molar-refractivity contribution in [2.45, 2.75) is 38.0 Å². The fraction of sp³-hybridized carbons (Fsp3) is 0.562. The number of carbonyl (C=O) groups is 1. The summed E-state index contributed by atoms with van der Waals surface area (Å²) in [5, 5.41) is 7.53. The molecule has 0 aromatic heterocycles. The van der Waals surface area contributed by atoms with Gasteiger partial charge in [0.15, 0.2) is 0 Å². The molecule has 122 valence electrons. The lowest BCUT2D eigenvalue weighted by atomic mass is 9.77. The number of primary sulfonamides is 1. The van der Waals surface area contributed by atoms with Crippen LogP contribution in [0.5, 0.6) is 0 Å². The zero-order valence-electron chi connectivity index (χ0n) is 12.7. The van der Waals surface area contributed by atoms with E-state index in [4.69, 9.17) is 5.14 Å². The Balaban J connectivity index is 1.70. The number of hydrogen-bond donors (Lipinski definition) is 2. The van der Waals surface area contributed by atoms with E-state index in [1.54, 1.807) is 0 Å². The Morgan fingerprint density at radius 2 is 1.77 bits per heavy atom. The standard InChI is InChI=1S/C16H24N2O3S/c17-22(20,21)11-10-18-16(19)12-13-6-8-15(9-7-13)14-4-2-1-3-5-14/h1-5,13,15H,6-12H2,(H,18,19)(H2,17,20,21). The highest BCUT2D eigenvalue weighted by Crippen LogP contribution is 2.36. The second kappa shape index (κ2) is 7.74. The highest BCUT2D eigenvalue weighted by atomic mass is 32.2. The molecule has 1 amide bonds. The van der Waals surface area contributed by atoms with Crippen LogP contribution < -0.4 is 10.5 Å². The highest BCUT2D eigenvalue weighted by molar-refractivity contribution is 7.89. The third kappa shape index (κ3) is 5.77. The van der Waals surface area contributed by atoms with Crippen molar-refractivity contribution in [2.75, 3.05) is 12.3 Å². The first-order valence-corrected chi connectivity index (χ1v) is 9.47. The number of carbonyl (C=O) groups excluding carboxylic acids is 1. The van der Waals surface area contributed by atoms with E-state index in [0.717, 1.165) is 25.7 Å². The zero-order valence-corrected chi connectivity index (χ0v) is 13.5. The van der Waals surface area contributed by atoms with E-state index < -0.39 is 10.0 Å². The van der Waals surface area contributed by atoms with Crippen LogP contribution >= 0.6 is 0 Å². The van der Waals surface area contributed by atoms with Gasteiger partial charge in [0.2, 0.25) is 15.9 Å². The SMILES string of the molecule is NS(=O)(=O)CCNC(=O)CC1CCC(c2ccccc2)CC1. The molecule has 22 heavy (non-hydrogen) atoms. The quantitative estimate of drug-likeness (QED) is 0.835. The summed E-state index contributed by atoms with van der Waals surface area (Å²) in [7, 11) is -3.51. The molecule has 1 fully saturated rings. The molecule has 0 saturated heterocycles. The first-order chi connectivity index (χ1) is 10.4. The lowest BCUT2D eigenvalue weighted by Crippen LogP contribution is -2.32. The summed E-state index contributed by atoms with van der Waals surface area (Å²) in [6, 6.07) is 10.5. The van der Waals surface area contributed by atoms with Gasteiger partial charge in [-0.25, -0.2) is 13.6 Å². The van der Waals surface area contributed by atoms with Crippen LogP contribution in [-0.2, 0) is 14.8 Å². The second-order valence-electron chi connectivity index (χ2n) is 6.05. The molecule has 0 spiro atoms. The van der Waals surface area contributed by atoms with Gasteiger partial charge >= 0.3 is 0 Å². The van der Waals surface area contributed by atoms with Crippen molar-refractivity contribution in [2.24, 2.45) is 11.1 Å². The van der Waals surface area contributed by atoms with E-state index in [1.165, 1.54) is 5.56 Å². The molecule has 1 aromatic carbocycles. The van der Waals surface area contributed by atoms with Gasteiger partial charge in [0.05, 0.1) is 5.75 Å². The summed E-state index contributed by atoms with van der Waals surface area (Å²) in [5.74, 6) is 0.712. The lowest BCUT2D eigenvalue weighted by Gasteiger charge is -2.28. The number of sulfonamides is 1. The molecule has 0 bridgehead atoms. The predicted molar refractivity (Wildman–Crippen MR) is 86.7 cm³/mol. The Kier molecular flexibility index (Phi) is 5.97. The molecular formula is C16H24N2O3S. The average Bonchev–Trinajstić information content (AvgIpc) is 2.47. The molecule has 1 aromatic rings. The number of nitrogens with one attached hydrogen (secondary N) is 1. The number of amides is 1. The van der Waals surface area contributed by atoms with Gasteiger partial charge in [0, 0.05) is 13.0 Å². The van der Waals surface area contributed by atoms with E-state index >= 15 is 0 Å². The number of nitrogens with two attached hydrogens (primary N) is 1. The van der Waals surface area contributed by atoms with Crippen molar-refractivity contribution in [1.82, 2.24) is 5.32 Å². The van der Waals surface area contributed by atoms with E-state index in [-0.39, 0.29) is 18.2 Å². The monoisotopic (exact) mass is 324 g/mol. The minimum absolute atomic E-state index is 0.0770. The fourth-order valence-corrected chi connectivity index (χ4v) is 3.48. The van der Waals surface area contributed by atoms with Gasteiger partial charge in [0.25, 0.3) is 0 Å². The molecule has 1 aliphatic rings. The van der Waals surface area contributed by atoms with Crippen molar-refractivity contribution in [3.8, 4) is 0 Å². The van der Waals surface area contributed by atoms with E-state index in [1.807, 2.05) is 6.07 Å². The van der Waals surface area contributed by atoms with E-state index in [2.05, 4.69) is 29.6 Å². The summed E-state index contributed by atoms with van der Waals surface area (Å²) in [4.78, 5) is 11.8. The van der Waals surface area contributed by atoms with Crippen molar-refractivity contribution < 1.29 is 13.2 Å².